The summed E-state index contributed by atoms with van der Waals surface area (Å²) in [5, 5.41) is 5.56. The molecule has 0 spiro atoms. The van der Waals surface area contributed by atoms with Crippen molar-refractivity contribution in [2.45, 2.75) is 13.3 Å². The van der Waals surface area contributed by atoms with E-state index in [4.69, 9.17) is 9.15 Å². The summed E-state index contributed by atoms with van der Waals surface area (Å²) in [7, 11) is 0. The first-order valence-corrected chi connectivity index (χ1v) is 8.65. The van der Waals surface area contributed by atoms with Gasteiger partial charge in [-0.1, -0.05) is 25.1 Å². The normalized spacial score (nSPS) is 10.3. The lowest BCUT2D eigenvalue weighted by molar-refractivity contribution is 0.0994. The minimum atomic E-state index is -0.359. The minimum absolute atomic E-state index is 0.214. The van der Waals surface area contributed by atoms with Crippen molar-refractivity contribution in [3.63, 3.8) is 0 Å². The van der Waals surface area contributed by atoms with Gasteiger partial charge in [-0.25, -0.2) is 0 Å². The number of ether oxygens (including phenoxy) is 1. The summed E-state index contributed by atoms with van der Waals surface area (Å²) >= 11 is 0. The van der Waals surface area contributed by atoms with E-state index in [9.17, 15) is 9.59 Å². The predicted molar refractivity (Wildman–Crippen MR) is 103 cm³/mol. The summed E-state index contributed by atoms with van der Waals surface area (Å²) in [6.45, 7) is 2.55. The van der Waals surface area contributed by atoms with Crippen molar-refractivity contribution in [1.29, 1.82) is 0 Å². The van der Waals surface area contributed by atoms with Crippen LogP contribution in [0.5, 0.6) is 5.75 Å². The second kappa shape index (κ2) is 8.71. The van der Waals surface area contributed by atoms with Gasteiger partial charge in [0.25, 0.3) is 11.8 Å². The van der Waals surface area contributed by atoms with E-state index >= 15 is 0 Å². The van der Waals surface area contributed by atoms with Crippen molar-refractivity contribution in [1.82, 2.24) is 0 Å². The maximum absolute atomic E-state index is 12.6. The Balaban J connectivity index is 1.71. The first-order valence-electron chi connectivity index (χ1n) is 8.65. The molecule has 2 amide bonds. The van der Waals surface area contributed by atoms with Crippen LogP contribution in [0.2, 0.25) is 0 Å². The SMILES string of the molecule is CCCOc1ccccc1C(=O)Nc1cccc(NC(=O)c2ccco2)c1. The van der Waals surface area contributed by atoms with Crippen molar-refractivity contribution in [2.75, 3.05) is 17.2 Å². The highest BCUT2D eigenvalue weighted by molar-refractivity contribution is 6.07. The number of rotatable bonds is 7. The van der Waals surface area contributed by atoms with Crippen LogP contribution in [-0.2, 0) is 0 Å². The molecule has 2 aromatic carbocycles. The Hall–Kier alpha value is -3.54. The average Bonchev–Trinajstić information content (AvgIpc) is 3.22. The number of amides is 2. The molecule has 3 aromatic rings. The van der Waals surface area contributed by atoms with Crippen LogP contribution in [0.25, 0.3) is 0 Å². The van der Waals surface area contributed by atoms with E-state index in [1.165, 1.54) is 6.26 Å². The smallest absolute Gasteiger partial charge is 0.291 e. The molecule has 0 atom stereocenters. The first kappa shape index (κ1) is 18.3. The number of benzene rings is 2. The van der Waals surface area contributed by atoms with Crippen LogP contribution in [-0.4, -0.2) is 18.4 Å². The van der Waals surface area contributed by atoms with E-state index in [-0.39, 0.29) is 17.6 Å². The van der Waals surface area contributed by atoms with Crippen molar-refractivity contribution in [3.8, 4) is 5.75 Å². The highest BCUT2D eigenvalue weighted by Gasteiger charge is 2.13. The van der Waals surface area contributed by atoms with Crippen LogP contribution in [0.1, 0.15) is 34.3 Å². The molecule has 0 fully saturated rings. The van der Waals surface area contributed by atoms with Gasteiger partial charge in [0, 0.05) is 11.4 Å². The molecule has 0 bridgehead atoms. The first-order chi connectivity index (χ1) is 13.2. The Kier molecular flexibility index (Phi) is 5.89. The molecule has 0 radical (unpaired) electrons. The average molecular weight is 364 g/mol. The van der Waals surface area contributed by atoms with Gasteiger partial charge in [0.15, 0.2) is 5.76 Å². The molecule has 0 saturated carbocycles. The number of furan rings is 1. The topological polar surface area (TPSA) is 80.6 Å². The lowest BCUT2D eigenvalue weighted by Gasteiger charge is -2.12. The molecule has 0 unspecified atom stereocenters. The molecule has 0 aliphatic heterocycles. The van der Waals surface area contributed by atoms with Gasteiger partial charge in [-0.15, -0.1) is 0 Å². The van der Waals surface area contributed by atoms with Gasteiger partial charge in [-0.2, -0.15) is 0 Å². The highest BCUT2D eigenvalue weighted by atomic mass is 16.5. The third-order valence-corrected chi connectivity index (χ3v) is 3.72. The second-order valence-corrected chi connectivity index (χ2v) is 5.81. The number of hydrogen-bond donors (Lipinski definition) is 2. The fourth-order valence-electron chi connectivity index (χ4n) is 2.47. The minimum Gasteiger partial charge on any atom is -0.493 e. The highest BCUT2D eigenvalue weighted by Crippen LogP contribution is 2.21. The van der Waals surface area contributed by atoms with E-state index in [0.717, 1.165) is 6.42 Å². The second-order valence-electron chi connectivity index (χ2n) is 5.81. The van der Waals surface area contributed by atoms with E-state index < -0.39 is 0 Å². The Morgan fingerprint density at radius 3 is 2.37 bits per heavy atom. The van der Waals surface area contributed by atoms with Crippen molar-refractivity contribution in [3.05, 3.63) is 78.3 Å². The monoisotopic (exact) mass is 364 g/mol. The molecule has 6 nitrogen and oxygen atoms in total. The number of para-hydroxylation sites is 1. The Labute approximate surface area is 157 Å². The maximum Gasteiger partial charge on any atom is 0.291 e. The zero-order valence-corrected chi connectivity index (χ0v) is 14.9. The maximum atomic E-state index is 12.6. The van der Waals surface area contributed by atoms with Crippen LogP contribution in [0, 0.1) is 0 Å². The van der Waals surface area contributed by atoms with E-state index in [2.05, 4.69) is 10.6 Å². The van der Waals surface area contributed by atoms with E-state index in [0.29, 0.717) is 29.3 Å². The van der Waals surface area contributed by atoms with E-state index in [1.54, 1.807) is 54.6 Å². The third kappa shape index (κ3) is 4.76. The molecule has 1 aromatic heterocycles. The van der Waals surface area contributed by atoms with Crippen LogP contribution in [0.15, 0.2) is 71.3 Å². The quantitative estimate of drug-likeness (QED) is 0.643. The van der Waals surface area contributed by atoms with Gasteiger partial charge in [0.05, 0.1) is 18.4 Å². The zero-order valence-electron chi connectivity index (χ0n) is 14.9. The van der Waals surface area contributed by atoms with Crippen LogP contribution in [0.3, 0.4) is 0 Å². The molecular weight excluding hydrogens is 344 g/mol. The molecule has 0 saturated heterocycles. The number of anilines is 2. The molecular formula is C21H20N2O4. The third-order valence-electron chi connectivity index (χ3n) is 3.72. The van der Waals surface area contributed by atoms with Crippen LogP contribution < -0.4 is 15.4 Å². The summed E-state index contributed by atoms with van der Waals surface area (Å²) < 4.78 is 10.7. The Morgan fingerprint density at radius 1 is 0.926 bits per heavy atom. The zero-order chi connectivity index (χ0) is 19.1. The van der Waals surface area contributed by atoms with Crippen molar-refractivity contribution >= 4 is 23.2 Å². The van der Waals surface area contributed by atoms with Gasteiger partial charge >= 0.3 is 0 Å². The lowest BCUT2D eigenvalue weighted by Crippen LogP contribution is -2.15. The predicted octanol–water partition coefficient (Wildman–Crippen LogP) is 4.57. The molecule has 0 aliphatic carbocycles. The standard InChI is InChI=1S/C21H20N2O4/c1-2-12-26-18-10-4-3-9-17(18)20(24)22-15-7-5-8-16(14-15)23-21(25)19-11-6-13-27-19/h3-11,13-14H,2,12H2,1H3,(H,22,24)(H,23,25). The fourth-order valence-corrected chi connectivity index (χ4v) is 2.47. The molecule has 0 aliphatic rings. The van der Waals surface area contributed by atoms with Crippen molar-refractivity contribution in [2.24, 2.45) is 0 Å². The number of carbonyl (C=O) groups excluding carboxylic acids is 2. The molecule has 6 heteroatoms. The molecule has 27 heavy (non-hydrogen) atoms. The lowest BCUT2D eigenvalue weighted by atomic mass is 10.1. The van der Waals surface area contributed by atoms with Gasteiger partial charge in [0.1, 0.15) is 5.75 Å². The number of nitrogens with one attached hydrogen (secondary N) is 2. The Morgan fingerprint density at radius 2 is 1.67 bits per heavy atom. The molecule has 3 rings (SSSR count). The summed E-state index contributed by atoms with van der Waals surface area (Å²) in [6.07, 6.45) is 2.29. The van der Waals surface area contributed by atoms with E-state index in [1.807, 2.05) is 13.0 Å². The molecule has 1 heterocycles. The largest absolute Gasteiger partial charge is 0.493 e. The van der Waals surface area contributed by atoms with Crippen LogP contribution >= 0.6 is 0 Å². The van der Waals surface area contributed by atoms with Gasteiger partial charge in [0.2, 0.25) is 0 Å². The van der Waals surface area contributed by atoms with Crippen LogP contribution in [0.4, 0.5) is 11.4 Å². The van der Waals surface area contributed by atoms with Gasteiger partial charge in [-0.3, -0.25) is 9.59 Å². The summed E-state index contributed by atoms with van der Waals surface area (Å²) in [5.41, 5.74) is 1.56. The summed E-state index contributed by atoms with van der Waals surface area (Å²) in [4.78, 5) is 24.7. The molecule has 2 N–H and O–H groups in total. The number of carbonyl (C=O) groups is 2. The molecule has 138 valence electrons. The van der Waals surface area contributed by atoms with Gasteiger partial charge in [-0.05, 0) is 48.9 Å². The van der Waals surface area contributed by atoms with Gasteiger partial charge < -0.3 is 19.8 Å². The Bertz CT molecular complexity index is 919. The summed E-state index contributed by atoms with van der Waals surface area (Å²) in [5.74, 6) is 0.114. The summed E-state index contributed by atoms with van der Waals surface area (Å²) in [6, 6.07) is 17.2. The fraction of sp³-hybridized carbons (Fsp3) is 0.143. The number of hydrogen-bond acceptors (Lipinski definition) is 4. The van der Waals surface area contributed by atoms with Crippen molar-refractivity contribution < 1.29 is 18.7 Å².